The molecular formula is C27H30N4O7. The SMILES string of the molecule is CCO[C@@H]1OC(=O)C[C@@H]1NC(=O)[C@@H]1CCCN2C(=O)CC[C@H](CC(=O)c3nccc4ccccc34)C(=O)N12. The van der Waals surface area contributed by atoms with E-state index in [0.717, 1.165) is 5.39 Å². The minimum Gasteiger partial charge on any atom is -0.433 e. The first-order valence-electron chi connectivity index (χ1n) is 13.0. The average molecular weight is 523 g/mol. The van der Waals surface area contributed by atoms with Crippen LogP contribution in [0, 0.1) is 5.92 Å². The number of esters is 1. The number of hydrazine groups is 1. The van der Waals surface area contributed by atoms with Gasteiger partial charge in [-0.3, -0.25) is 34.0 Å². The Morgan fingerprint density at radius 2 is 1.97 bits per heavy atom. The van der Waals surface area contributed by atoms with Crippen molar-refractivity contribution in [2.45, 2.75) is 63.8 Å². The highest BCUT2D eigenvalue weighted by Crippen LogP contribution is 2.30. The van der Waals surface area contributed by atoms with Gasteiger partial charge in [0, 0.05) is 43.5 Å². The number of nitrogens with one attached hydrogen (secondary N) is 1. The molecule has 3 fully saturated rings. The van der Waals surface area contributed by atoms with E-state index in [1.54, 1.807) is 13.1 Å². The third kappa shape index (κ3) is 4.98. The van der Waals surface area contributed by atoms with Crippen LogP contribution in [-0.4, -0.2) is 76.0 Å². The molecule has 200 valence electrons. The van der Waals surface area contributed by atoms with Gasteiger partial charge in [0.05, 0.1) is 6.42 Å². The molecule has 0 aliphatic carbocycles. The number of pyridine rings is 1. The molecule has 0 unspecified atom stereocenters. The molecule has 4 heterocycles. The van der Waals surface area contributed by atoms with Crippen molar-refractivity contribution in [3.05, 3.63) is 42.2 Å². The predicted molar refractivity (Wildman–Crippen MR) is 133 cm³/mol. The number of amides is 3. The number of rotatable bonds is 7. The molecule has 3 amide bonds. The predicted octanol–water partition coefficient (Wildman–Crippen LogP) is 1.75. The maximum Gasteiger partial charge on any atom is 0.310 e. The van der Waals surface area contributed by atoms with Crippen molar-refractivity contribution >= 4 is 40.2 Å². The number of fused-ring (bicyclic) bond motifs is 2. The molecule has 0 radical (unpaired) electrons. The Labute approximate surface area is 219 Å². The van der Waals surface area contributed by atoms with Crippen LogP contribution in [0.1, 0.15) is 55.9 Å². The van der Waals surface area contributed by atoms with Crippen LogP contribution < -0.4 is 5.32 Å². The fourth-order valence-corrected chi connectivity index (χ4v) is 5.43. The fraction of sp³-hybridized carbons (Fsp3) is 0.481. The zero-order chi connectivity index (χ0) is 26.8. The van der Waals surface area contributed by atoms with Gasteiger partial charge in [-0.2, -0.15) is 0 Å². The largest absolute Gasteiger partial charge is 0.433 e. The van der Waals surface area contributed by atoms with E-state index in [1.165, 1.54) is 10.0 Å². The van der Waals surface area contributed by atoms with Crippen molar-refractivity contribution in [1.82, 2.24) is 20.3 Å². The Balaban J connectivity index is 1.36. The third-order valence-electron chi connectivity index (χ3n) is 7.27. The van der Waals surface area contributed by atoms with Gasteiger partial charge in [-0.25, -0.2) is 5.01 Å². The van der Waals surface area contributed by atoms with Crippen LogP contribution in [0.5, 0.6) is 0 Å². The summed E-state index contributed by atoms with van der Waals surface area (Å²) >= 11 is 0. The number of cyclic esters (lactones) is 1. The molecule has 5 rings (SSSR count). The van der Waals surface area contributed by atoms with E-state index < -0.39 is 42.1 Å². The van der Waals surface area contributed by atoms with E-state index in [9.17, 15) is 24.0 Å². The minimum atomic E-state index is -0.954. The number of benzene rings is 1. The molecule has 11 heteroatoms. The molecule has 3 aliphatic rings. The number of nitrogens with zero attached hydrogens (tertiary/aromatic N) is 3. The van der Waals surface area contributed by atoms with Gasteiger partial charge in [-0.15, -0.1) is 0 Å². The molecule has 38 heavy (non-hydrogen) atoms. The molecule has 4 atom stereocenters. The first-order valence-corrected chi connectivity index (χ1v) is 13.0. The maximum absolute atomic E-state index is 13.8. The maximum atomic E-state index is 13.8. The summed E-state index contributed by atoms with van der Waals surface area (Å²) in [7, 11) is 0. The van der Waals surface area contributed by atoms with Gasteiger partial charge < -0.3 is 14.8 Å². The lowest BCUT2D eigenvalue weighted by Gasteiger charge is -2.43. The summed E-state index contributed by atoms with van der Waals surface area (Å²) in [6, 6.07) is 7.56. The van der Waals surface area contributed by atoms with Crippen LogP contribution in [-0.2, 0) is 28.7 Å². The first kappa shape index (κ1) is 25.8. The molecular weight excluding hydrogens is 492 g/mol. The van der Waals surface area contributed by atoms with Crippen molar-refractivity contribution < 1.29 is 33.4 Å². The molecule has 3 aliphatic heterocycles. The summed E-state index contributed by atoms with van der Waals surface area (Å²) < 4.78 is 10.6. The van der Waals surface area contributed by atoms with Crippen LogP contribution in [0.2, 0.25) is 0 Å². The molecule has 2 aromatic rings. The normalized spacial score (nSPS) is 25.7. The molecule has 1 aromatic heterocycles. The Kier molecular flexibility index (Phi) is 7.37. The topological polar surface area (TPSA) is 135 Å². The summed E-state index contributed by atoms with van der Waals surface area (Å²) in [4.78, 5) is 69.6. The van der Waals surface area contributed by atoms with Gasteiger partial charge in [0.15, 0.2) is 5.78 Å². The van der Waals surface area contributed by atoms with E-state index >= 15 is 0 Å². The second-order valence-electron chi connectivity index (χ2n) is 9.73. The smallest absolute Gasteiger partial charge is 0.310 e. The van der Waals surface area contributed by atoms with Gasteiger partial charge in [-0.1, -0.05) is 24.3 Å². The lowest BCUT2D eigenvalue weighted by molar-refractivity contribution is -0.178. The average Bonchev–Trinajstić information content (AvgIpc) is 3.21. The number of ether oxygens (including phenoxy) is 2. The van der Waals surface area contributed by atoms with Gasteiger partial charge in [0.25, 0.3) is 0 Å². The summed E-state index contributed by atoms with van der Waals surface area (Å²) in [6.07, 6.45) is 1.66. The number of carbonyl (C=O) groups is 5. The molecule has 1 N–H and O–H groups in total. The van der Waals surface area contributed by atoms with Crippen LogP contribution in [0.3, 0.4) is 0 Å². The van der Waals surface area contributed by atoms with Gasteiger partial charge >= 0.3 is 5.97 Å². The van der Waals surface area contributed by atoms with Crippen LogP contribution in [0.25, 0.3) is 10.8 Å². The Morgan fingerprint density at radius 1 is 1.16 bits per heavy atom. The van der Waals surface area contributed by atoms with Crippen molar-refractivity contribution in [2.24, 2.45) is 5.92 Å². The fourth-order valence-electron chi connectivity index (χ4n) is 5.43. The lowest BCUT2D eigenvalue weighted by atomic mass is 9.93. The van der Waals surface area contributed by atoms with Crippen LogP contribution in [0.15, 0.2) is 36.5 Å². The van der Waals surface area contributed by atoms with Crippen LogP contribution >= 0.6 is 0 Å². The minimum absolute atomic E-state index is 0.0467. The quantitative estimate of drug-likeness (QED) is 0.429. The van der Waals surface area contributed by atoms with Crippen molar-refractivity contribution in [2.75, 3.05) is 13.2 Å². The van der Waals surface area contributed by atoms with Gasteiger partial charge in [0.2, 0.25) is 24.0 Å². The number of hydrogen-bond donors (Lipinski definition) is 1. The standard InChI is InChI=1S/C27H30N4O7/c1-2-37-27-19(15-23(34)38-27)29-25(35)20-8-5-13-30-22(33)10-9-17(26(36)31(20)30)14-21(32)24-18-7-4-3-6-16(18)11-12-28-24/h3-4,6-7,11-12,17,19-20,27H,2,5,8-10,13-15H2,1H3,(H,29,35)/t17-,19+,20+,27-/m1/s1. The van der Waals surface area contributed by atoms with Crippen molar-refractivity contribution in [3.8, 4) is 0 Å². The number of ketones is 1. The Bertz CT molecular complexity index is 1280. The highest BCUT2D eigenvalue weighted by Gasteiger charge is 2.46. The summed E-state index contributed by atoms with van der Waals surface area (Å²) in [5, 5.41) is 6.93. The molecule has 0 spiro atoms. The van der Waals surface area contributed by atoms with Crippen LogP contribution in [0.4, 0.5) is 0 Å². The van der Waals surface area contributed by atoms with Gasteiger partial charge in [-0.05, 0) is 37.6 Å². The first-order chi connectivity index (χ1) is 18.4. The monoisotopic (exact) mass is 522 g/mol. The molecule has 3 saturated heterocycles. The molecule has 11 nitrogen and oxygen atoms in total. The van der Waals surface area contributed by atoms with E-state index in [0.29, 0.717) is 31.4 Å². The Hall–Kier alpha value is -3.86. The second kappa shape index (κ2) is 10.9. The third-order valence-corrected chi connectivity index (χ3v) is 7.27. The van der Waals surface area contributed by atoms with Crippen molar-refractivity contribution in [1.29, 1.82) is 0 Å². The lowest BCUT2D eigenvalue weighted by Crippen LogP contribution is -2.63. The van der Waals surface area contributed by atoms with E-state index in [2.05, 4.69) is 10.3 Å². The molecule has 0 saturated carbocycles. The van der Waals surface area contributed by atoms with E-state index in [1.807, 2.05) is 30.3 Å². The van der Waals surface area contributed by atoms with E-state index in [-0.39, 0.29) is 43.1 Å². The highest BCUT2D eigenvalue weighted by molar-refractivity contribution is 6.07. The van der Waals surface area contributed by atoms with Crippen molar-refractivity contribution in [3.63, 3.8) is 0 Å². The zero-order valence-corrected chi connectivity index (χ0v) is 21.1. The second-order valence-corrected chi connectivity index (χ2v) is 9.73. The number of hydrogen-bond acceptors (Lipinski definition) is 8. The molecule has 0 bridgehead atoms. The number of aromatic nitrogens is 1. The van der Waals surface area contributed by atoms with Gasteiger partial charge in [0.1, 0.15) is 17.8 Å². The summed E-state index contributed by atoms with van der Waals surface area (Å²) in [6.45, 7) is 2.36. The Morgan fingerprint density at radius 3 is 2.79 bits per heavy atom. The summed E-state index contributed by atoms with van der Waals surface area (Å²) in [5.41, 5.74) is 0.282. The number of carbonyl (C=O) groups excluding carboxylic acids is 5. The number of Topliss-reactive ketones (excluding diaryl/α,β-unsaturated/α-hetero) is 1. The summed E-state index contributed by atoms with van der Waals surface area (Å²) in [5.74, 6) is -2.75. The molecule has 1 aromatic carbocycles. The van der Waals surface area contributed by atoms with E-state index in [4.69, 9.17) is 9.47 Å². The zero-order valence-electron chi connectivity index (χ0n) is 21.1. The highest BCUT2D eigenvalue weighted by atomic mass is 16.7.